The van der Waals surface area contributed by atoms with Crippen molar-refractivity contribution in [3.05, 3.63) is 258 Å². The molecule has 10 aromatic rings. The quantitative estimate of drug-likeness (QED) is 0.0609. The number of anilines is 1. The summed E-state index contributed by atoms with van der Waals surface area (Å²) in [6.07, 6.45) is 4.08. The first kappa shape index (κ1) is 64.7. The van der Waals surface area contributed by atoms with Crippen molar-refractivity contribution in [3.8, 4) is 28.2 Å². The smallest absolute Gasteiger partial charge is 0.412 e. The van der Waals surface area contributed by atoms with E-state index in [2.05, 4.69) is 240 Å². The Labute approximate surface area is 551 Å². The summed E-state index contributed by atoms with van der Waals surface area (Å²) in [6, 6.07) is 71.9. The van der Waals surface area contributed by atoms with Crippen molar-refractivity contribution in [2.45, 2.75) is 135 Å². The molecule has 2 atom stereocenters. The number of carbonyl (C=O) groups is 1. The molecule has 0 spiro atoms. The zero-order valence-corrected chi connectivity index (χ0v) is 57.8. The molecule has 4 heterocycles. The minimum atomic E-state index is -2.94. The molecule has 0 N–H and O–H groups in total. The van der Waals surface area contributed by atoms with Crippen molar-refractivity contribution >= 4 is 49.7 Å². The SMILES string of the molecule is COCn1cc(-c2cnc(CO[Si](c3ccccc3)(c3ccccc3)C(C)(C)C)o2)c2c(-c3cccc4c3N(Cc3ccccc3)C[C@]4(CO[Si](C)(C)C(C)(C)C)c3cc(C[C@H]4COC(C)(C)N4C(=O)OCc4ccccc4)ccc3OCc3ccccc3)cccc21. The Morgan fingerprint density at radius 2 is 1.24 bits per heavy atom. The van der Waals surface area contributed by atoms with Crippen LogP contribution in [0.15, 0.2) is 223 Å². The molecule has 0 unspecified atom stereocenters. The number of hydrogen-bond acceptors (Lipinski definition) is 10. The Morgan fingerprint density at radius 3 is 1.86 bits per heavy atom. The van der Waals surface area contributed by atoms with E-state index < -0.39 is 33.9 Å². The number of amides is 1. The Kier molecular flexibility index (Phi) is 18.5. The number of ether oxygens (including phenoxy) is 4. The van der Waals surface area contributed by atoms with Gasteiger partial charge in [0, 0.05) is 60.8 Å². The Balaban J connectivity index is 1.01. The first-order chi connectivity index (χ1) is 44.7. The number of benzene rings is 8. The lowest BCUT2D eigenvalue weighted by Crippen LogP contribution is -2.66. The second-order valence-electron chi connectivity index (χ2n) is 28.0. The molecule has 12 nitrogen and oxygen atoms in total. The largest absolute Gasteiger partial charge is 0.489 e. The van der Waals surface area contributed by atoms with Gasteiger partial charge >= 0.3 is 6.09 Å². The number of aromatic nitrogens is 2. The maximum Gasteiger partial charge on any atom is 0.412 e. The molecule has 8 aromatic carbocycles. The van der Waals surface area contributed by atoms with E-state index >= 15 is 0 Å². The minimum absolute atomic E-state index is 0.0981. The average molecular weight is 1280 g/mol. The van der Waals surface area contributed by atoms with Gasteiger partial charge in [-0.1, -0.05) is 236 Å². The first-order valence-corrected chi connectivity index (χ1v) is 37.3. The van der Waals surface area contributed by atoms with Crippen molar-refractivity contribution in [3.63, 3.8) is 0 Å². The molecule has 1 saturated heterocycles. The van der Waals surface area contributed by atoms with Gasteiger partial charge in [-0.15, -0.1) is 0 Å². The van der Waals surface area contributed by atoms with Crippen molar-refractivity contribution in [1.29, 1.82) is 0 Å². The molecule has 1 fully saturated rings. The van der Waals surface area contributed by atoms with Crippen LogP contribution in [0.3, 0.4) is 0 Å². The van der Waals surface area contributed by atoms with E-state index in [1.54, 1.807) is 12.0 Å². The third kappa shape index (κ3) is 13.1. The monoisotopic (exact) mass is 1280 g/mol. The number of oxazole rings is 1. The van der Waals surface area contributed by atoms with Gasteiger partial charge in [0.2, 0.25) is 5.89 Å². The van der Waals surface area contributed by atoms with E-state index in [1.807, 2.05) is 56.4 Å². The van der Waals surface area contributed by atoms with Crippen LogP contribution in [0.4, 0.5) is 10.5 Å². The predicted octanol–water partition coefficient (Wildman–Crippen LogP) is 16.9. The van der Waals surface area contributed by atoms with Crippen LogP contribution in [0.25, 0.3) is 33.4 Å². The van der Waals surface area contributed by atoms with Crippen molar-refractivity contribution < 1.29 is 37.0 Å². The second-order valence-corrected chi connectivity index (χ2v) is 37.1. The fraction of sp³-hybridized carbons (Fsp3) is 0.316. The molecule has 2 aliphatic heterocycles. The van der Waals surface area contributed by atoms with Gasteiger partial charge in [-0.05, 0) is 99.3 Å². The van der Waals surface area contributed by atoms with Crippen molar-refractivity contribution in [2.75, 3.05) is 31.8 Å². The van der Waals surface area contributed by atoms with Crippen LogP contribution in [0.2, 0.25) is 23.2 Å². The fourth-order valence-electron chi connectivity index (χ4n) is 13.7. The highest BCUT2D eigenvalue weighted by Crippen LogP contribution is 2.55. The summed E-state index contributed by atoms with van der Waals surface area (Å²) in [5.74, 6) is 1.89. The lowest BCUT2D eigenvalue weighted by atomic mass is 9.74. The van der Waals surface area contributed by atoms with E-state index in [0.29, 0.717) is 57.7 Å². The van der Waals surface area contributed by atoms with E-state index in [4.69, 9.17) is 37.2 Å². The number of methoxy groups -OCH3 is 1. The van der Waals surface area contributed by atoms with Gasteiger partial charge in [-0.2, -0.15) is 0 Å². The summed E-state index contributed by atoms with van der Waals surface area (Å²) in [4.78, 5) is 23.7. The highest BCUT2D eigenvalue weighted by atomic mass is 28.4. The van der Waals surface area contributed by atoms with Gasteiger partial charge in [0.25, 0.3) is 8.32 Å². The third-order valence-electron chi connectivity index (χ3n) is 19.4. The lowest BCUT2D eigenvalue weighted by molar-refractivity contribution is -0.0491. The Bertz CT molecular complexity index is 4150. The summed E-state index contributed by atoms with van der Waals surface area (Å²) >= 11 is 0. The zero-order valence-electron chi connectivity index (χ0n) is 55.8. The average Bonchev–Trinajstić information content (AvgIpc) is 1.61. The van der Waals surface area contributed by atoms with Crippen molar-refractivity contribution in [1.82, 2.24) is 14.5 Å². The summed E-state index contributed by atoms with van der Waals surface area (Å²) in [6.45, 7) is 25.2. The molecule has 0 aliphatic carbocycles. The van der Waals surface area contributed by atoms with Crippen LogP contribution >= 0.6 is 0 Å². The molecule has 480 valence electrons. The third-order valence-corrected chi connectivity index (χ3v) is 28.8. The zero-order chi connectivity index (χ0) is 65.2. The Hall–Kier alpha value is -8.35. The van der Waals surface area contributed by atoms with E-state index in [0.717, 1.165) is 66.8 Å². The van der Waals surface area contributed by atoms with Crippen LogP contribution < -0.4 is 20.0 Å². The number of nitrogens with zero attached hydrogens (tertiary/aromatic N) is 4. The summed E-state index contributed by atoms with van der Waals surface area (Å²) in [7, 11) is -3.67. The van der Waals surface area contributed by atoms with Crippen LogP contribution in [-0.2, 0) is 68.0 Å². The molecule has 0 saturated carbocycles. The number of carbonyl (C=O) groups excluding carboxylic acids is 1. The maximum absolute atomic E-state index is 14.3. The molecule has 2 aliphatic rings. The lowest BCUT2D eigenvalue weighted by Gasteiger charge is -2.42. The molecule has 12 rings (SSSR count). The second kappa shape index (κ2) is 26.6. The molecule has 0 radical (unpaired) electrons. The van der Waals surface area contributed by atoms with Crippen LogP contribution in [-0.4, -0.2) is 75.8 Å². The maximum atomic E-state index is 14.3. The first-order valence-electron chi connectivity index (χ1n) is 32.5. The van der Waals surface area contributed by atoms with E-state index in [-0.39, 0.29) is 29.3 Å². The topological polar surface area (TPSA) is 110 Å². The van der Waals surface area contributed by atoms with Crippen LogP contribution in [0, 0.1) is 0 Å². The molecule has 0 bridgehead atoms. The molecule has 2 aromatic heterocycles. The van der Waals surface area contributed by atoms with Crippen LogP contribution in [0.5, 0.6) is 5.75 Å². The highest BCUT2D eigenvalue weighted by molar-refractivity contribution is 6.99. The van der Waals surface area contributed by atoms with Crippen molar-refractivity contribution in [2.24, 2.45) is 0 Å². The van der Waals surface area contributed by atoms with Gasteiger partial charge in [0.05, 0.1) is 29.8 Å². The highest BCUT2D eigenvalue weighted by Gasteiger charge is 2.52. The predicted molar refractivity (Wildman–Crippen MR) is 377 cm³/mol. The fourth-order valence-corrected chi connectivity index (χ4v) is 19.2. The number of fused-ring (bicyclic) bond motifs is 2. The van der Waals surface area contributed by atoms with Gasteiger partial charge in [-0.25, -0.2) is 9.78 Å². The van der Waals surface area contributed by atoms with E-state index in [9.17, 15) is 4.79 Å². The normalized spacial score (nSPS) is 16.7. The van der Waals surface area contributed by atoms with Gasteiger partial charge in [0.15, 0.2) is 14.1 Å². The Morgan fingerprint density at radius 1 is 0.634 bits per heavy atom. The summed E-state index contributed by atoms with van der Waals surface area (Å²) in [5.41, 5.74) is 9.71. The number of rotatable bonds is 22. The number of para-hydroxylation sites is 1. The van der Waals surface area contributed by atoms with Crippen LogP contribution in [0.1, 0.15) is 94.7 Å². The molecule has 1 amide bonds. The van der Waals surface area contributed by atoms with Gasteiger partial charge in [0.1, 0.15) is 38.0 Å². The minimum Gasteiger partial charge on any atom is -0.489 e. The molecule has 14 heteroatoms. The van der Waals surface area contributed by atoms with Gasteiger partial charge < -0.3 is 41.7 Å². The summed E-state index contributed by atoms with van der Waals surface area (Å²) in [5, 5.41) is 3.05. The van der Waals surface area contributed by atoms with Gasteiger partial charge in [-0.3, -0.25) is 4.90 Å². The molecular formula is C79H88N4O8Si2. The van der Waals surface area contributed by atoms with E-state index in [1.165, 1.54) is 15.9 Å². The molecular weight excluding hydrogens is 1190 g/mol. The standard InChI is InChI=1S/C79H88N4O8Si2/c1-76(2,3)92(10,11)90-55-79(68-46-60(43-44-70(68)86-50-58-31-19-13-20-32-58)45-61-52-88-78(7,8)83(61)75(84)87-51-59-33-21-14-22-34-59)54-81(48-57-29-17-12-18-30-57)74-65(40-27-41-67(74)79)64-39-28-42-69-73(64)66(49-82(69)56-85-9)71-47-80-72(91-71)53-89-93(77(4,5)6,62-35-23-15-24-36-62)63-37-25-16-26-38-63/h12-44,46-47,49,61H,45,48,50-56H2,1-11H3/t61-,79+/m0/s1. The summed E-state index contributed by atoms with van der Waals surface area (Å²) < 4.78 is 49.8. The molecule has 93 heavy (non-hydrogen) atoms. The number of hydrogen-bond donors (Lipinski definition) is 0.